The third-order valence-electron chi connectivity index (χ3n) is 4.06. The van der Waals surface area contributed by atoms with Crippen LogP contribution in [0.1, 0.15) is 28.7 Å². The zero-order valence-electron chi connectivity index (χ0n) is 13.2. The van der Waals surface area contributed by atoms with Crippen LogP contribution >= 0.6 is 0 Å². The largest absolute Gasteiger partial charge is 0.367 e. The molecule has 0 aliphatic carbocycles. The lowest BCUT2D eigenvalue weighted by Gasteiger charge is -2.30. The molecule has 0 saturated heterocycles. The second-order valence-electron chi connectivity index (χ2n) is 5.61. The fraction of sp³-hybridized carbons (Fsp3) is 0.353. The number of rotatable bonds is 3. The molecule has 1 aliphatic heterocycles. The van der Waals surface area contributed by atoms with E-state index in [1.165, 1.54) is 7.11 Å². The molecule has 2 heterocycles. The number of benzene rings is 1. The van der Waals surface area contributed by atoms with Gasteiger partial charge in [0.15, 0.2) is 6.10 Å². The molecule has 6 nitrogen and oxygen atoms in total. The van der Waals surface area contributed by atoms with Gasteiger partial charge in [-0.05, 0) is 12.5 Å². The highest BCUT2D eigenvalue weighted by atomic mass is 16.5. The molecule has 1 atom stereocenters. The minimum Gasteiger partial charge on any atom is -0.367 e. The highest BCUT2D eigenvalue weighted by Crippen LogP contribution is 2.22. The van der Waals surface area contributed by atoms with Gasteiger partial charge in [-0.3, -0.25) is 9.59 Å². The summed E-state index contributed by atoms with van der Waals surface area (Å²) in [7, 11) is 1.52. The number of hydrogen-bond acceptors (Lipinski definition) is 4. The number of aromatic amines is 1. The molecule has 0 spiro atoms. The van der Waals surface area contributed by atoms with Crippen LogP contribution in [0.25, 0.3) is 0 Å². The summed E-state index contributed by atoms with van der Waals surface area (Å²) in [6.45, 7) is 2.56. The second kappa shape index (κ2) is 6.34. The van der Waals surface area contributed by atoms with Crippen molar-refractivity contribution in [3.8, 4) is 0 Å². The van der Waals surface area contributed by atoms with Crippen LogP contribution in [0.15, 0.2) is 35.1 Å². The number of methoxy groups -OCH3 is 1. The van der Waals surface area contributed by atoms with Gasteiger partial charge in [-0.1, -0.05) is 30.3 Å². The molecule has 1 N–H and O–H groups in total. The molecule has 0 bridgehead atoms. The van der Waals surface area contributed by atoms with E-state index in [2.05, 4.69) is 9.97 Å². The van der Waals surface area contributed by atoms with Crippen molar-refractivity contribution in [2.75, 3.05) is 13.7 Å². The summed E-state index contributed by atoms with van der Waals surface area (Å²) < 4.78 is 5.40. The van der Waals surface area contributed by atoms with Gasteiger partial charge in [-0.15, -0.1) is 0 Å². The second-order valence-corrected chi connectivity index (χ2v) is 5.61. The van der Waals surface area contributed by atoms with Gasteiger partial charge in [-0.2, -0.15) is 0 Å². The van der Waals surface area contributed by atoms with Gasteiger partial charge in [0, 0.05) is 20.1 Å². The minimum absolute atomic E-state index is 0.135. The molecule has 23 heavy (non-hydrogen) atoms. The molecule has 6 heteroatoms. The smallest absolute Gasteiger partial charge is 0.256 e. The molecule has 0 saturated carbocycles. The van der Waals surface area contributed by atoms with Crippen molar-refractivity contribution >= 4 is 5.91 Å². The maximum absolute atomic E-state index is 12.8. The molecule has 2 aromatic rings. The number of amides is 1. The van der Waals surface area contributed by atoms with Crippen molar-refractivity contribution in [1.29, 1.82) is 0 Å². The monoisotopic (exact) mass is 313 g/mol. The van der Waals surface area contributed by atoms with Crippen LogP contribution in [0.2, 0.25) is 0 Å². The molecule has 0 radical (unpaired) electrons. The molecule has 1 aliphatic rings. The van der Waals surface area contributed by atoms with Crippen molar-refractivity contribution in [2.45, 2.75) is 26.0 Å². The predicted molar refractivity (Wildman–Crippen MR) is 84.9 cm³/mol. The van der Waals surface area contributed by atoms with Crippen LogP contribution in [0.3, 0.4) is 0 Å². The van der Waals surface area contributed by atoms with E-state index in [1.807, 2.05) is 30.3 Å². The lowest BCUT2D eigenvalue weighted by molar-refractivity contribution is -0.143. The zero-order chi connectivity index (χ0) is 16.4. The van der Waals surface area contributed by atoms with Crippen LogP contribution in [-0.2, 0) is 22.5 Å². The third-order valence-corrected chi connectivity index (χ3v) is 4.06. The average Bonchev–Trinajstić information content (AvgIpc) is 2.56. The number of nitrogens with zero attached hydrogens (tertiary/aromatic N) is 2. The van der Waals surface area contributed by atoms with Crippen molar-refractivity contribution in [3.05, 3.63) is 63.3 Å². The van der Waals surface area contributed by atoms with E-state index in [-0.39, 0.29) is 18.0 Å². The zero-order valence-corrected chi connectivity index (χ0v) is 13.2. The number of hydrogen-bond donors (Lipinski definition) is 1. The van der Waals surface area contributed by atoms with Gasteiger partial charge in [0.25, 0.3) is 11.5 Å². The van der Waals surface area contributed by atoms with Gasteiger partial charge in [0.1, 0.15) is 5.82 Å². The van der Waals surface area contributed by atoms with Gasteiger partial charge >= 0.3 is 0 Å². The molecule has 3 rings (SSSR count). The number of ether oxygens (including phenoxy) is 1. The Balaban J connectivity index is 1.85. The minimum atomic E-state index is -0.657. The first kappa shape index (κ1) is 15.4. The van der Waals surface area contributed by atoms with Gasteiger partial charge in [0.2, 0.25) is 0 Å². The van der Waals surface area contributed by atoms with E-state index in [1.54, 1.807) is 11.8 Å². The van der Waals surface area contributed by atoms with Crippen molar-refractivity contribution in [3.63, 3.8) is 0 Å². The maximum atomic E-state index is 12.8. The lowest BCUT2D eigenvalue weighted by atomic mass is 10.0. The van der Waals surface area contributed by atoms with E-state index < -0.39 is 6.10 Å². The van der Waals surface area contributed by atoms with E-state index in [0.717, 1.165) is 11.3 Å². The SMILES string of the molecule is COC(C(=O)N1CCc2nc(C)[nH]c(=O)c2C1)c1ccccc1. The summed E-state index contributed by atoms with van der Waals surface area (Å²) in [5, 5.41) is 0. The molecule has 120 valence electrons. The molecule has 1 aromatic carbocycles. The van der Waals surface area contributed by atoms with E-state index in [4.69, 9.17) is 4.74 Å². The number of aryl methyl sites for hydroxylation is 1. The number of carbonyl (C=O) groups excluding carboxylic acids is 1. The Kier molecular flexibility index (Phi) is 4.25. The number of aromatic nitrogens is 2. The Morgan fingerprint density at radius 2 is 2.09 bits per heavy atom. The molecule has 1 aromatic heterocycles. The maximum Gasteiger partial charge on any atom is 0.256 e. The Labute approximate surface area is 134 Å². The summed E-state index contributed by atoms with van der Waals surface area (Å²) >= 11 is 0. The number of fused-ring (bicyclic) bond motifs is 1. The van der Waals surface area contributed by atoms with Crippen LogP contribution in [0, 0.1) is 6.92 Å². The molecule has 1 unspecified atom stereocenters. The first-order valence-corrected chi connectivity index (χ1v) is 7.55. The average molecular weight is 313 g/mol. The first-order chi connectivity index (χ1) is 11.1. The Morgan fingerprint density at radius 3 is 2.78 bits per heavy atom. The normalized spacial score (nSPS) is 15.1. The van der Waals surface area contributed by atoms with Crippen LogP contribution in [0.4, 0.5) is 0 Å². The van der Waals surface area contributed by atoms with Crippen LogP contribution < -0.4 is 5.56 Å². The van der Waals surface area contributed by atoms with E-state index in [0.29, 0.717) is 24.4 Å². The summed E-state index contributed by atoms with van der Waals surface area (Å²) in [4.78, 5) is 33.6. The standard InChI is InChI=1S/C17H19N3O3/c1-11-18-14-8-9-20(10-13(14)16(21)19-11)17(22)15(23-2)12-6-4-3-5-7-12/h3-7,15H,8-10H2,1-2H3,(H,18,19,21). The van der Waals surface area contributed by atoms with Crippen molar-refractivity contribution in [2.24, 2.45) is 0 Å². The van der Waals surface area contributed by atoms with E-state index in [9.17, 15) is 9.59 Å². The molecular weight excluding hydrogens is 294 g/mol. The van der Waals surface area contributed by atoms with Gasteiger partial charge in [-0.25, -0.2) is 4.98 Å². The molecular formula is C17H19N3O3. The molecule has 1 amide bonds. The fourth-order valence-corrected chi connectivity index (χ4v) is 2.91. The quantitative estimate of drug-likeness (QED) is 0.928. The fourth-order valence-electron chi connectivity index (χ4n) is 2.91. The summed E-state index contributed by atoms with van der Waals surface area (Å²) in [6.07, 6.45) is -0.0768. The number of nitrogens with one attached hydrogen (secondary N) is 1. The summed E-state index contributed by atoms with van der Waals surface area (Å²) in [5.41, 5.74) is 1.99. The number of carbonyl (C=O) groups is 1. The summed E-state index contributed by atoms with van der Waals surface area (Å²) in [5.74, 6) is 0.469. The van der Waals surface area contributed by atoms with Crippen LogP contribution in [-0.4, -0.2) is 34.4 Å². The van der Waals surface area contributed by atoms with Crippen LogP contribution in [0.5, 0.6) is 0 Å². The Morgan fingerprint density at radius 1 is 1.35 bits per heavy atom. The van der Waals surface area contributed by atoms with Crippen molar-refractivity contribution in [1.82, 2.24) is 14.9 Å². The van der Waals surface area contributed by atoms with E-state index >= 15 is 0 Å². The first-order valence-electron chi connectivity index (χ1n) is 7.55. The van der Waals surface area contributed by atoms with Gasteiger partial charge in [0.05, 0.1) is 17.8 Å². The molecule has 0 fully saturated rings. The topological polar surface area (TPSA) is 75.3 Å². The lowest BCUT2D eigenvalue weighted by Crippen LogP contribution is -2.42. The third kappa shape index (κ3) is 3.03. The predicted octanol–water partition coefficient (Wildman–Crippen LogP) is 1.35. The summed E-state index contributed by atoms with van der Waals surface area (Å²) in [6, 6.07) is 9.36. The Bertz CT molecular complexity index is 770. The Hall–Kier alpha value is -2.47. The highest BCUT2D eigenvalue weighted by Gasteiger charge is 2.30. The van der Waals surface area contributed by atoms with Crippen molar-refractivity contribution < 1.29 is 9.53 Å². The van der Waals surface area contributed by atoms with Gasteiger partial charge < -0.3 is 14.6 Å². The number of H-pyrrole nitrogens is 1. The highest BCUT2D eigenvalue weighted by molar-refractivity contribution is 5.82.